The molecule has 0 saturated heterocycles. The van der Waals surface area contributed by atoms with Crippen LogP contribution in [0, 0.1) is 0 Å². The van der Waals surface area contributed by atoms with Crippen LogP contribution in [-0.2, 0) is 0 Å². The molecule has 4 nitrogen and oxygen atoms in total. The van der Waals surface area contributed by atoms with Gasteiger partial charge in [-0.15, -0.1) is 0 Å². The summed E-state index contributed by atoms with van der Waals surface area (Å²) in [6, 6.07) is 64.9. The van der Waals surface area contributed by atoms with E-state index in [0.717, 1.165) is 50.1 Å². The zero-order chi connectivity index (χ0) is 34.2. The topological polar surface area (TPSA) is 35.6 Å². The second kappa shape index (κ2) is 11.2. The van der Waals surface area contributed by atoms with Gasteiger partial charge in [-0.2, -0.15) is 0 Å². The zero-order valence-electron chi connectivity index (χ0n) is 28.1. The molecule has 0 fully saturated rings. The molecule has 0 bridgehead atoms. The molecule has 4 heteroatoms. The van der Waals surface area contributed by atoms with Gasteiger partial charge >= 0.3 is 0 Å². The number of benzene rings is 8. The summed E-state index contributed by atoms with van der Waals surface area (Å²) in [4.78, 5) is 10.6. The first-order valence-electron chi connectivity index (χ1n) is 17.7. The third-order valence-corrected chi connectivity index (χ3v) is 10.5. The maximum absolute atomic E-state index is 5.41. The van der Waals surface area contributed by atoms with Gasteiger partial charge in [-0.25, -0.2) is 9.97 Å². The highest BCUT2D eigenvalue weighted by Crippen LogP contribution is 2.39. The molecule has 0 radical (unpaired) electrons. The molecule has 0 aliphatic rings. The summed E-state index contributed by atoms with van der Waals surface area (Å²) in [6.45, 7) is 0. The second-order valence-electron chi connectivity index (χ2n) is 13.5. The lowest BCUT2D eigenvalue weighted by atomic mass is 10.0. The summed E-state index contributed by atoms with van der Waals surface area (Å²) in [5.74, 6) is 1.57. The Kier molecular flexibility index (Phi) is 6.22. The number of nitrogens with zero attached hydrogens (tertiary/aromatic N) is 4. The largest absolute Gasteiger partial charge is 0.309 e. The number of hydrogen-bond acceptors (Lipinski definition) is 2. The van der Waals surface area contributed by atoms with Crippen molar-refractivity contribution in [3.8, 4) is 34.0 Å². The van der Waals surface area contributed by atoms with Crippen LogP contribution in [0.5, 0.6) is 0 Å². The lowest BCUT2D eigenvalue weighted by Gasteiger charge is -2.14. The van der Waals surface area contributed by atoms with E-state index in [1.807, 2.05) is 18.2 Å². The van der Waals surface area contributed by atoms with Gasteiger partial charge in [-0.3, -0.25) is 4.57 Å². The SMILES string of the molecule is c1ccc(-c2nc(-n3c4ccccc4c4cc5ccccc5cc43)c3cc(-c4ccc5c6ccccc6n(-c6ccccc6)c5c4)ccc3n2)cc1. The van der Waals surface area contributed by atoms with Crippen LogP contribution in [0.3, 0.4) is 0 Å². The molecule has 8 aromatic carbocycles. The van der Waals surface area contributed by atoms with Crippen LogP contribution in [-0.4, -0.2) is 19.1 Å². The molecule has 0 N–H and O–H groups in total. The summed E-state index contributed by atoms with van der Waals surface area (Å²) in [7, 11) is 0. The number of hydrogen-bond donors (Lipinski definition) is 0. The molecule has 52 heavy (non-hydrogen) atoms. The molecule has 3 heterocycles. The summed E-state index contributed by atoms with van der Waals surface area (Å²) in [5, 5.41) is 8.30. The molecule has 0 atom stereocenters. The monoisotopic (exact) mass is 662 g/mol. The van der Waals surface area contributed by atoms with Crippen molar-refractivity contribution >= 4 is 65.3 Å². The van der Waals surface area contributed by atoms with E-state index < -0.39 is 0 Å². The van der Waals surface area contributed by atoms with Gasteiger partial charge in [-0.1, -0.05) is 127 Å². The van der Waals surface area contributed by atoms with Crippen LogP contribution >= 0.6 is 0 Å². The van der Waals surface area contributed by atoms with Gasteiger partial charge in [0.15, 0.2) is 5.82 Å². The van der Waals surface area contributed by atoms with Crippen LogP contribution in [0.4, 0.5) is 0 Å². The van der Waals surface area contributed by atoms with E-state index in [4.69, 9.17) is 9.97 Å². The smallest absolute Gasteiger partial charge is 0.162 e. The van der Waals surface area contributed by atoms with Gasteiger partial charge in [0.2, 0.25) is 0 Å². The molecule has 11 rings (SSSR count). The normalized spacial score (nSPS) is 11.8. The molecule has 0 amide bonds. The molecular weight excluding hydrogens is 633 g/mol. The molecule has 242 valence electrons. The lowest BCUT2D eigenvalue weighted by Crippen LogP contribution is -2.03. The Hall–Kier alpha value is -7.04. The average Bonchev–Trinajstić information content (AvgIpc) is 3.72. The van der Waals surface area contributed by atoms with E-state index in [9.17, 15) is 0 Å². The first kappa shape index (κ1) is 28.8. The minimum Gasteiger partial charge on any atom is -0.309 e. The third kappa shape index (κ3) is 4.34. The number of para-hydroxylation sites is 3. The molecule has 3 aromatic heterocycles. The maximum atomic E-state index is 5.41. The lowest BCUT2D eigenvalue weighted by molar-refractivity contribution is 1.08. The Morgan fingerprint density at radius 3 is 1.69 bits per heavy atom. The van der Waals surface area contributed by atoms with Gasteiger partial charge in [0.1, 0.15) is 5.82 Å². The fourth-order valence-corrected chi connectivity index (χ4v) is 8.07. The quantitative estimate of drug-likeness (QED) is 0.188. The Bertz CT molecular complexity index is 3170. The second-order valence-corrected chi connectivity index (χ2v) is 13.5. The zero-order valence-corrected chi connectivity index (χ0v) is 28.1. The molecule has 0 aliphatic heterocycles. The Balaban J connectivity index is 1.20. The van der Waals surface area contributed by atoms with E-state index >= 15 is 0 Å². The minimum atomic E-state index is 0.705. The first-order chi connectivity index (χ1) is 25.8. The van der Waals surface area contributed by atoms with E-state index in [1.54, 1.807) is 0 Å². The van der Waals surface area contributed by atoms with Gasteiger partial charge in [0, 0.05) is 38.2 Å². The van der Waals surface area contributed by atoms with Crippen molar-refractivity contribution < 1.29 is 0 Å². The highest BCUT2D eigenvalue weighted by Gasteiger charge is 2.20. The van der Waals surface area contributed by atoms with Crippen LogP contribution in [0.25, 0.3) is 99.3 Å². The maximum Gasteiger partial charge on any atom is 0.162 e. The fourth-order valence-electron chi connectivity index (χ4n) is 8.07. The van der Waals surface area contributed by atoms with E-state index in [1.165, 1.54) is 43.4 Å². The van der Waals surface area contributed by atoms with Gasteiger partial charge in [-0.05, 0) is 76.5 Å². The summed E-state index contributed by atoms with van der Waals surface area (Å²) in [6.07, 6.45) is 0. The van der Waals surface area contributed by atoms with Crippen LogP contribution in [0.1, 0.15) is 0 Å². The van der Waals surface area contributed by atoms with Gasteiger partial charge < -0.3 is 4.57 Å². The standard InChI is InChI=1S/C48H30N4/c1-3-13-31(14-4-1)47-49-42-26-24-34(35-23-25-39-37-19-9-11-21-43(37)51(45(39)30-35)36-17-5-2-6-18-36)28-41(42)48(50-47)52-44-22-12-10-20-38(44)40-27-32-15-7-8-16-33(32)29-46(40)52/h1-30H. The van der Waals surface area contributed by atoms with Crippen molar-refractivity contribution in [3.05, 3.63) is 182 Å². The minimum absolute atomic E-state index is 0.705. The number of fused-ring (bicyclic) bond motifs is 8. The Morgan fingerprint density at radius 1 is 0.327 bits per heavy atom. The van der Waals surface area contributed by atoms with Crippen molar-refractivity contribution in [3.63, 3.8) is 0 Å². The summed E-state index contributed by atoms with van der Waals surface area (Å²) >= 11 is 0. The molecule has 0 unspecified atom stereocenters. The van der Waals surface area contributed by atoms with Crippen LogP contribution in [0.15, 0.2) is 182 Å². The highest BCUT2D eigenvalue weighted by atomic mass is 15.1. The highest BCUT2D eigenvalue weighted by molar-refractivity contribution is 6.14. The molecule has 0 spiro atoms. The predicted octanol–water partition coefficient (Wildman–Crippen LogP) is 12.3. The molecule has 0 aliphatic carbocycles. The number of aromatic nitrogens is 4. The van der Waals surface area contributed by atoms with Gasteiger partial charge in [0.05, 0.1) is 27.6 Å². The van der Waals surface area contributed by atoms with Crippen molar-refractivity contribution in [1.82, 2.24) is 19.1 Å². The molecule has 0 saturated carbocycles. The molecule has 11 aromatic rings. The van der Waals surface area contributed by atoms with Crippen molar-refractivity contribution in [2.24, 2.45) is 0 Å². The van der Waals surface area contributed by atoms with Crippen LogP contribution in [0.2, 0.25) is 0 Å². The summed E-state index contributed by atoms with van der Waals surface area (Å²) in [5.41, 5.74) is 9.90. The third-order valence-electron chi connectivity index (χ3n) is 10.5. The van der Waals surface area contributed by atoms with Crippen molar-refractivity contribution in [2.75, 3.05) is 0 Å². The summed E-state index contributed by atoms with van der Waals surface area (Å²) < 4.78 is 4.71. The average molecular weight is 663 g/mol. The van der Waals surface area contributed by atoms with E-state index in [0.29, 0.717) is 5.82 Å². The van der Waals surface area contributed by atoms with E-state index in [-0.39, 0.29) is 0 Å². The van der Waals surface area contributed by atoms with Crippen molar-refractivity contribution in [1.29, 1.82) is 0 Å². The fraction of sp³-hybridized carbons (Fsp3) is 0. The van der Waals surface area contributed by atoms with Crippen LogP contribution < -0.4 is 0 Å². The first-order valence-corrected chi connectivity index (χ1v) is 17.7. The van der Waals surface area contributed by atoms with E-state index in [2.05, 4.69) is 173 Å². The predicted molar refractivity (Wildman–Crippen MR) is 217 cm³/mol. The Labute approximate surface area is 299 Å². The van der Waals surface area contributed by atoms with Crippen molar-refractivity contribution in [2.45, 2.75) is 0 Å². The van der Waals surface area contributed by atoms with Gasteiger partial charge in [0.25, 0.3) is 0 Å². The Morgan fingerprint density at radius 2 is 0.904 bits per heavy atom. The molecular formula is C48H30N4. The number of rotatable bonds is 4.